The fourth-order valence-electron chi connectivity index (χ4n) is 5.91. The Hall–Kier alpha value is -1.75. The molecule has 30 heavy (non-hydrogen) atoms. The zero-order chi connectivity index (χ0) is 20.3. The average Bonchev–Trinajstić information content (AvgIpc) is 2.79. The number of aromatic nitrogens is 1. The lowest BCUT2D eigenvalue weighted by atomic mass is 9.84. The lowest BCUT2D eigenvalue weighted by molar-refractivity contribution is 0.115. The van der Waals surface area contributed by atoms with E-state index >= 15 is 0 Å². The third kappa shape index (κ3) is 4.46. The minimum absolute atomic E-state index is 0.420. The van der Waals surface area contributed by atoms with E-state index in [9.17, 15) is 0 Å². The van der Waals surface area contributed by atoms with Gasteiger partial charge in [-0.3, -0.25) is 9.88 Å². The van der Waals surface area contributed by atoms with Gasteiger partial charge in [-0.15, -0.1) is 0 Å². The van der Waals surface area contributed by atoms with E-state index in [0.717, 1.165) is 25.4 Å². The quantitative estimate of drug-likeness (QED) is 0.791. The van der Waals surface area contributed by atoms with Crippen LogP contribution in [0.2, 0.25) is 0 Å². The van der Waals surface area contributed by atoms with Gasteiger partial charge in [0.05, 0.1) is 11.7 Å². The van der Waals surface area contributed by atoms with Crippen LogP contribution in [-0.4, -0.2) is 35.1 Å². The first kappa shape index (κ1) is 20.2. The van der Waals surface area contributed by atoms with Crippen LogP contribution >= 0.6 is 0 Å². The van der Waals surface area contributed by atoms with Gasteiger partial charge in [0.2, 0.25) is 0 Å². The maximum Gasteiger partial charge on any atom is 0.0607 e. The Bertz CT molecular complexity index is 842. The van der Waals surface area contributed by atoms with Crippen molar-refractivity contribution in [2.75, 3.05) is 13.1 Å². The van der Waals surface area contributed by atoms with Crippen molar-refractivity contribution < 1.29 is 0 Å². The van der Waals surface area contributed by atoms with Gasteiger partial charge in [-0.25, -0.2) is 0 Å². The van der Waals surface area contributed by atoms with E-state index in [-0.39, 0.29) is 0 Å². The Morgan fingerprint density at radius 2 is 1.73 bits per heavy atom. The third-order valence-electron chi connectivity index (χ3n) is 7.61. The smallest absolute Gasteiger partial charge is 0.0607 e. The molecule has 0 amide bonds. The molecule has 0 spiro atoms. The van der Waals surface area contributed by atoms with Crippen molar-refractivity contribution in [2.24, 2.45) is 11.7 Å². The SMILES string of the molecule is NC1CCC(CN(C[C@H]2Cc3ccccc3CN2)[C@H]2CCCc3cccnc32)CC1. The lowest BCUT2D eigenvalue weighted by Gasteiger charge is -2.41. The summed E-state index contributed by atoms with van der Waals surface area (Å²) in [5.41, 5.74) is 12.0. The molecule has 1 saturated carbocycles. The number of rotatable bonds is 5. The van der Waals surface area contributed by atoms with Crippen LogP contribution in [0.1, 0.15) is 67.0 Å². The number of hydrogen-bond acceptors (Lipinski definition) is 4. The molecule has 0 unspecified atom stereocenters. The Morgan fingerprint density at radius 1 is 0.933 bits per heavy atom. The van der Waals surface area contributed by atoms with Crippen LogP contribution in [0.4, 0.5) is 0 Å². The van der Waals surface area contributed by atoms with E-state index in [0.29, 0.717) is 18.1 Å². The first-order valence-electron chi connectivity index (χ1n) is 12.0. The molecule has 0 bridgehead atoms. The van der Waals surface area contributed by atoms with Crippen LogP contribution in [0.15, 0.2) is 42.6 Å². The van der Waals surface area contributed by atoms with Gasteiger partial charge in [0.15, 0.2) is 0 Å². The van der Waals surface area contributed by atoms with Crippen LogP contribution in [0.5, 0.6) is 0 Å². The fourth-order valence-corrected chi connectivity index (χ4v) is 5.91. The summed E-state index contributed by atoms with van der Waals surface area (Å²) in [6, 6.07) is 14.7. The third-order valence-corrected chi connectivity index (χ3v) is 7.61. The van der Waals surface area contributed by atoms with E-state index in [4.69, 9.17) is 10.7 Å². The molecule has 3 aliphatic rings. The summed E-state index contributed by atoms with van der Waals surface area (Å²) < 4.78 is 0. The van der Waals surface area contributed by atoms with Gasteiger partial charge in [0, 0.05) is 37.9 Å². The van der Waals surface area contributed by atoms with Crippen LogP contribution in [-0.2, 0) is 19.4 Å². The fraction of sp³-hybridized carbons (Fsp3) is 0.577. The Balaban J connectivity index is 1.35. The van der Waals surface area contributed by atoms with Gasteiger partial charge in [-0.05, 0) is 80.0 Å². The molecule has 2 aliphatic carbocycles. The molecule has 0 radical (unpaired) electrons. The molecule has 2 aromatic rings. The Morgan fingerprint density at radius 3 is 2.60 bits per heavy atom. The molecule has 1 aromatic carbocycles. The number of benzene rings is 1. The summed E-state index contributed by atoms with van der Waals surface area (Å²) in [6.07, 6.45) is 11.7. The van der Waals surface area contributed by atoms with Crippen molar-refractivity contribution in [3.05, 3.63) is 65.0 Å². The standard InChI is InChI=1S/C26H36N4/c27-23-12-10-19(11-13-23)17-30(25-9-3-7-20-8-4-14-28-26(20)25)18-24-15-21-5-1-2-6-22(21)16-29-24/h1-2,4-6,8,14,19,23-25,29H,3,7,9-13,15-18,27H2/t19?,23?,24-,25+/m1/s1. The summed E-state index contributed by atoms with van der Waals surface area (Å²) in [4.78, 5) is 7.66. The molecule has 1 aliphatic heterocycles. The second kappa shape index (κ2) is 9.17. The summed E-state index contributed by atoms with van der Waals surface area (Å²) in [5, 5.41) is 3.83. The van der Waals surface area contributed by atoms with Crippen LogP contribution < -0.4 is 11.1 Å². The highest BCUT2D eigenvalue weighted by Gasteiger charge is 2.32. The molecule has 1 fully saturated rings. The minimum Gasteiger partial charge on any atom is -0.328 e. The number of hydrogen-bond donors (Lipinski definition) is 2. The van der Waals surface area contributed by atoms with Gasteiger partial charge in [0.1, 0.15) is 0 Å². The van der Waals surface area contributed by atoms with Crippen molar-refractivity contribution in [2.45, 2.75) is 76.0 Å². The summed E-state index contributed by atoms with van der Waals surface area (Å²) in [6.45, 7) is 3.29. The normalized spacial score (nSPS) is 28.7. The highest BCUT2D eigenvalue weighted by molar-refractivity contribution is 5.30. The summed E-state index contributed by atoms with van der Waals surface area (Å²) >= 11 is 0. The number of aryl methyl sites for hydroxylation is 1. The number of pyridine rings is 1. The molecule has 2 heterocycles. The molecule has 5 rings (SSSR count). The van der Waals surface area contributed by atoms with E-state index in [1.807, 2.05) is 6.20 Å². The lowest BCUT2D eigenvalue weighted by Crippen LogP contribution is -2.48. The predicted octanol–water partition coefficient (Wildman–Crippen LogP) is 3.99. The first-order valence-corrected chi connectivity index (χ1v) is 12.0. The van der Waals surface area contributed by atoms with Gasteiger partial charge >= 0.3 is 0 Å². The largest absolute Gasteiger partial charge is 0.328 e. The zero-order valence-corrected chi connectivity index (χ0v) is 18.1. The van der Waals surface area contributed by atoms with Crippen LogP contribution in [0.3, 0.4) is 0 Å². The molecular weight excluding hydrogens is 368 g/mol. The van der Waals surface area contributed by atoms with E-state index in [1.54, 1.807) is 0 Å². The van der Waals surface area contributed by atoms with Crippen molar-refractivity contribution in [1.82, 2.24) is 15.2 Å². The first-order chi connectivity index (χ1) is 14.8. The topological polar surface area (TPSA) is 54.2 Å². The molecule has 3 N–H and O–H groups in total. The summed E-state index contributed by atoms with van der Waals surface area (Å²) in [5.74, 6) is 0.773. The molecule has 2 atom stereocenters. The second-order valence-corrected chi connectivity index (χ2v) is 9.74. The van der Waals surface area contributed by atoms with Gasteiger partial charge in [-0.1, -0.05) is 30.3 Å². The monoisotopic (exact) mass is 404 g/mol. The molecule has 4 heteroatoms. The zero-order valence-electron chi connectivity index (χ0n) is 18.1. The van der Waals surface area contributed by atoms with E-state index in [2.05, 4.69) is 46.6 Å². The predicted molar refractivity (Wildman–Crippen MR) is 122 cm³/mol. The molecular formula is C26H36N4. The molecule has 160 valence electrons. The van der Waals surface area contributed by atoms with Crippen LogP contribution in [0.25, 0.3) is 0 Å². The van der Waals surface area contributed by atoms with Crippen molar-refractivity contribution >= 4 is 0 Å². The van der Waals surface area contributed by atoms with Crippen molar-refractivity contribution in [3.63, 3.8) is 0 Å². The highest BCUT2D eigenvalue weighted by atomic mass is 15.2. The van der Waals surface area contributed by atoms with Gasteiger partial charge < -0.3 is 11.1 Å². The van der Waals surface area contributed by atoms with E-state index in [1.165, 1.54) is 73.9 Å². The van der Waals surface area contributed by atoms with E-state index < -0.39 is 0 Å². The molecule has 0 saturated heterocycles. The number of nitrogens with zero attached hydrogens (tertiary/aromatic N) is 2. The number of nitrogens with two attached hydrogens (primary N) is 1. The van der Waals surface area contributed by atoms with Gasteiger partial charge in [-0.2, -0.15) is 0 Å². The minimum atomic E-state index is 0.420. The average molecular weight is 405 g/mol. The van der Waals surface area contributed by atoms with Crippen LogP contribution in [0, 0.1) is 5.92 Å². The summed E-state index contributed by atoms with van der Waals surface area (Å²) in [7, 11) is 0. The Kier molecular flexibility index (Phi) is 6.17. The van der Waals surface area contributed by atoms with Crippen molar-refractivity contribution in [3.8, 4) is 0 Å². The number of fused-ring (bicyclic) bond motifs is 2. The highest BCUT2D eigenvalue weighted by Crippen LogP contribution is 2.35. The van der Waals surface area contributed by atoms with Crippen molar-refractivity contribution in [1.29, 1.82) is 0 Å². The number of nitrogens with one attached hydrogen (secondary N) is 1. The Labute approximate surface area is 181 Å². The van der Waals surface area contributed by atoms with Gasteiger partial charge in [0.25, 0.3) is 0 Å². The second-order valence-electron chi connectivity index (χ2n) is 9.74. The maximum absolute atomic E-state index is 6.19. The maximum atomic E-state index is 6.19. The molecule has 4 nitrogen and oxygen atoms in total. The molecule has 1 aromatic heterocycles.